The average molecular weight is 299 g/mol. The maximum atomic E-state index is 13.1. The predicted molar refractivity (Wildman–Crippen MR) is 90.1 cm³/mol. The fourth-order valence-corrected chi connectivity index (χ4v) is 3.59. The van der Waals surface area contributed by atoms with Crippen LogP contribution in [0.4, 0.5) is 0 Å². The van der Waals surface area contributed by atoms with Crippen LogP contribution in [0.25, 0.3) is 10.9 Å². The molecule has 0 aliphatic carbocycles. The number of likely N-dealkylation sites (tertiary alicyclic amines) is 1. The van der Waals surface area contributed by atoms with Gasteiger partial charge in [0.05, 0.1) is 5.56 Å². The Morgan fingerprint density at radius 2 is 2.09 bits per heavy atom. The quantitative estimate of drug-likeness (QED) is 0.868. The highest BCUT2D eigenvalue weighted by Gasteiger charge is 2.30. The summed E-state index contributed by atoms with van der Waals surface area (Å²) in [5, 5.41) is 1.05. The SMILES string of the molecule is CCN1CCC(N(CC)C(=O)c2cn(C)c3ccccc23)C1. The Kier molecular flexibility index (Phi) is 4.21. The van der Waals surface area contributed by atoms with Gasteiger partial charge in [-0.1, -0.05) is 25.1 Å². The van der Waals surface area contributed by atoms with E-state index in [1.54, 1.807) is 0 Å². The van der Waals surface area contributed by atoms with Crippen LogP contribution < -0.4 is 0 Å². The van der Waals surface area contributed by atoms with Crippen LogP contribution in [0.2, 0.25) is 0 Å². The third-order valence-electron chi connectivity index (χ3n) is 4.86. The molecule has 0 saturated carbocycles. The molecule has 1 saturated heterocycles. The first-order valence-electron chi connectivity index (χ1n) is 8.23. The number of benzene rings is 1. The van der Waals surface area contributed by atoms with E-state index in [1.807, 2.05) is 36.0 Å². The minimum atomic E-state index is 0.169. The average Bonchev–Trinajstić information content (AvgIpc) is 3.13. The van der Waals surface area contributed by atoms with Gasteiger partial charge in [-0.25, -0.2) is 0 Å². The number of fused-ring (bicyclic) bond motifs is 1. The van der Waals surface area contributed by atoms with Crippen molar-refractivity contribution < 1.29 is 4.79 Å². The van der Waals surface area contributed by atoms with E-state index in [4.69, 9.17) is 0 Å². The summed E-state index contributed by atoms with van der Waals surface area (Å²) >= 11 is 0. The molecule has 1 aromatic heterocycles. The van der Waals surface area contributed by atoms with Crippen molar-refractivity contribution in [2.45, 2.75) is 26.3 Å². The largest absolute Gasteiger partial charge is 0.350 e. The molecule has 0 bridgehead atoms. The fraction of sp³-hybridized carbons (Fsp3) is 0.500. The molecule has 22 heavy (non-hydrogen) atoms. The molecule has 1 aliphatic rings. The minimum absolute atomic E-state index is 0.169. The molecule has 4 heteroatoms. The maximum absolute atomic E-state index is 13.1. The number of nitrogens with zero attached hydrogens (tertiary/aromatic N) is 3. The van der Waals surface area contributed by atoms with Crippen LogP contribution in [0, 0.1) is 0 Å². The molecule has 1 atom stereocenters. The van der Waals surface area contributed by atoms with Crippen molar-refractivity contribution in [1.29, 1.82) is 0 Å². The molecule has 2 heterocycles. The van der Waals surface area contributed by atoms with Crippen LogP contribution in [0.5, 0.6) is 0 Å². The summed E-state index contributed by atoms with van der Waals surface area (Å²) in [6.07, 6.45) is 3.06. The Balaban J connectivity index is 1.90. The lowest BCUT2D eigenvalue weighted by molar-refractivity contribution is 0.0696. The zero-order chi connectivity index (χ0) is 15.7. The van der Waals surface area contributed by atoms with Crippen LogP contribution in [-0.2, 0) is 7.05 Å². The molecule has 3 rings (SSSR count). The minimum Gasteiger partial charge on any atom is -0.350 e. The number of rotatable bonds is 4. The van der Waals surface area contributed by atoms with E-state index in [1.165, 1.54) is 0 Å². The second-order valence-corrected chi connectivity index (χ2v) is 6.10. The Labute approximate surface area is 132 Å². The second-order valence-electron chi connectivity index (χ2n) is 6.10. The van der Waals surface area contributed by atoms with E-state index in [0.29, 0.717) is 6.04 Å². The number of para-hydroxylation sites is 1. The predicted octanol–water partition coefficient (Wildman–Crippen LogP) is 2.73. The maximum Gasteiger partial charge on any atom is 0.256 e. The molecule has 0 radical (unpaired) electrons. The molecule has 0 spiro atoms. The number of hydrogen-bond acceptors (Lipinski definition) is 2. The lowest BCUT2D eigenvalue weighted by Gasteiger charge is -2.28. The van der Waals surface area contributed by atoms with Gasteiger partial charge >= 0.3 is 0 Å². The van der Waals surface area contributed by atoms with Gasteiger partial charge in [-0.05, 0) is 26.0 Å². The lowest BCUT2D eigenvalue weighted by atomic mass is 10.1. The van der Waals surface area contributed by atoms with Gasteiger partial charge < -0.3 is 14.4 Å². The molecule has 0 N–H and O–H groups in total. The van der Waals surface area contributed by atoms with Gasteiger partial charge in [0.2, 0.25) is 0 Å². The highest BCUT2D eigenvalue weighted by Crippen LogP contribution is 2.24. The number of likely N-dealkylation sites (N-methyl/N-ethyl adjacent to an activating group) is 2. The fourth-order valence-electron chi connectivity index (χ4n) is 3.59. The van der Waals surface area contributed by atoms with Gasteiger partial charge in [0.1, 0.15) is 0 Å². The first-order valence-corrected chi connectivity index (χ1v) is 8.23. The molecular formula is C18H25N3O. The highest BCUT2D eigenvalue weighted by molar-refractivity contribution is 6.07. The third-order valence-corrected chi connectivity index (χ3v) is 4.86. The summed E-state index contributed by atoms with van der Waals surface area (Å²) < 4.78 is 2.05. The first kappa shape index (κ1) is 15.1. The molecular weight excluding hydrogens is 274 g/mol. The Morgan fingerprint density at radius 1 is 1.32 bits per heavy atom. The van der Waals surface area contributed by atoms with Crippen LogP contribution >= 0.6 is 0 Å². The molecule has 118 valence electrons. The highest BCUT2D eigenvalue weighted by atomic mass is 16.2. The van der Waals surface area contributed by atoms with Crippen molar-refractivity contribution in [1.82, 2.24) is 14.4 Å². The smallest absolute Gasteiger partial charge is 0.256 e. The summed E-state index contributed by atoms with van der Waals surface area (Å²) in [5.74, 6) is 0.169. The molecule has 1 unspecified atom stereocenters. The van der Waals surface area contributed by atoms with E-state index in [0.717, 1.165) is 49.1 Å². The molecule has 2 aromatic rings. The zero-order valence-corrected chi connectivity index (χ0v) is 13.7. The first-order chi connectivity index (χ1) is 10.7. The van der Waals surface area contributed by atoms with Crippen molar-refractivity contribution in [3.63, 3.8) is 0 Å². The summed E-state index contributed by atoms with van der Waals surface area (Å²) in [6, 6.07) is 8.48. The molecule has 1 aromatic carbocycles. The lowest BCUT2D eigenvalue weighted by Crippen LogP contribution is -2.41. The summed E-state index contributed by atoms with van der Waals surface area (Å²) in [7, 11) is 2.00. The molecule has 4 nitrogen and oxygen atoms in total. The number of hydrogen-bond donors (Lipinski definition) is 0. The third kappa shape index (κ3) is 2.52. The van der Waals surface area contributed by atoms with Crippen molar-refractivity contribution in [3.05, 3.63) is 36.0 Å². The number of carbonyl (C=O) groups excluding carboxylic acids is 1. The van der Waals surface area contributed by atoms with Crippen molar-refractivity contribution in [2.24, 2.45) is 7.05 Å². The van der Waals surface area contributed by atoms with Crippen LogP contribution in [0.1, 0.15) is 30.6 Å². The molecule has 1 aliphatic heterocycles. The van der Waals surface area contributed by atoms with Crippen LogP contribution in [0.3, 0.4) is 0 Å². The van der Waals surface area contributed by atoms with Gasteiger partial charge in [-0.3, -0.25) is 4.79 Å². The van der Waals surface area contributed by atoms with Crippen molar-refractivity contribution in [3.8, 4) is 0 Å². The summed E-state index contributed by atoms with van der Waals surface area (Å²) in [4.78, 5) is 17.6. The van der Waals surface area contributed by atoms with E-state index < -0.39 is 0 Å². The second kappa shape index (κ2) is 6.13. The van der Waals surface area contributed by atoms with Crippen LogP contribution in [0.15, 0.2) is 30.5 Å². The van der Waals surface area contributed by atoms with Gasteiger partial charge in [0.25, 0.3) is 5.91 Å². The van der Waals surface area contributed by atoms with E-state index in [-0.39, 0.29) is 5.91 Å². The van der Waals surface area contributed by atoms with Gasteiger partial charge in [-0.2, -0.15) is 0 Å². The molecule has 1 fully saturated rings. The zero-order valence-electron chi connectivity index (χ0n) is 13.7. The Bertz CT molecular complexity index is 676. The monoisotopic (exact) mass is 299 g/mol. The van der Waals surface area contributed by atoms with Crippen molar-refractivity contribution >= 4 is 16.8 Å². The Hall–Kier alpha value is -1.81. The van der Waals surface area contributed by atoms with Crippen molar-refractivity contribution in [2.75, 3.05) is 26.2 Å². The van der Waals surface area contributed by atoms with E-state index in [9.17, 15) is 4.79 Å². The number of aryl methyl sites for hydroxylation is 1. The normalized spacial score (nSPS) is 19.0. The number of amides is 1. The summed E-state index contributed by atoms with van der Waals surface area (Å²) in [5.41, 5.74) is 1.94. The standard InChI is InChI=1S/C18H25N3O/c1-4-20-11-10-14(12-20)21(5-2)18(22)16-13-19(3)17-9-7-6-8-15(16)17/h6-9,13-14H,4-5,10-12H2,1-3H3. The van der Waals surface area contributed by atoms with Gasteiger partial charge in [0, 0.05) is 49.8 Å². The van der Waals surface area contributed by atoms with E-state index >= 15 is 0 Å². The van der Waals surface area contributed by atoms with Gasteiger partial charge in [-0.15, -0.1) is 0 Å². The van der Waals surface area contributed by atoms with Crippen LogP contribution in [-0.4, -0.2) is 52.5 Å². The molecule has 1 amide bonds. The topological polar surface area (TPSA) is 28.5 Å². The Morgan fingerprint density at radius 3 is 2.77 bits per heavy atom. The number of aromatic nitrogens is 1. The van der Waals surface area contributed by atoms with Gasteiger partial charge in [0.15, 0.2) is 0 Å². The number of carbonyl (C=O) groups is 1. The van der Waals surface area contributed by atoms with E-state index in [2.05, 4.69) is 29.7 Å². The summed E-state index contributed by atoms with van der Waals surface area (Å²) in [6.45, 7) is 8.20.